The minimum atomic E-state index is -0.00975. The largest absolute Gasteiger partial charge is 0.373 e. The molecule has 0 heterocycles. The Labute approximate surface area is 83.1 Å². The Bertz CT molecular complexity index is 118. The van der Waals surface area contributed by atoms with Crippen molar-refractivity contribution in [2.45, 2.75) is 59.2 Å². The molecule has 0 aromatic heterocycles. The van der Waals surface area contributed by atoms with Crippen LogP contribution in [0.15, 0.2) is 0 Å². The van der Waals surface area contributed by atoms with Crippen molar-refractivity contribution in [1.82, 2.24) is 5.32 Å². The van der Waals surface area contributed by atoms with Crippen LogP contribution in [0.2, 0.25) is 0 Å². The molecule has 0 aromatic carbocycles. The Morgan fingerprint density at radius 1 is 1.23 bits per heavy atom. The van der Waals surface area contributed by atoms with E-state index in [1.165, 1.54) is 6.42 Å². The van der Waals surface area contributed by atoms with Crippen molar-refractivity contribution in [2.75, 3.05) is 13.1 Å². The predicted molar refractivity (Wildman–Crippen MR) is 58.1 cm³/mol. The molecular formula is C11H25NO. The van der Waals surface area contributed by atoms with Gasteiger partial charge in [-0.3, -0.25) is 0 Å². The molecule has 0 saturated heterocycles. The van der Waals surface area contributed by atoms with Crippen LogP contribution in [0.25, 0.3) is 0 Å². The lowest BCUT2D eigenvalue weighted by Crippen LogP contribution is -2.28. The number of nitrogens with one attached hydrogen (secondary N) is 1. The summed E-state index contributed by atoms with van der Waals surface area (Å²) in [5.41, 5.74) is -0.00975. The SMILES string of the molecule is CCCNCCC(C)OC(C)(C)C. The van der Waals surface area contributed by atoms with E-state index in [-0.39, 0.29) is 5.60 Å². The normalized spacial score (nSPS) is 14.5. The van der Waals surface area contributed by atoms with E-state index in [2.05, 4.69) is 39.9 Å². The number of rotatable bonds is 6. The molecule has 0 aliphatic rings. The molecule has 0 rings (SSSR count). The Balaban J connectivity index is 3.35. The van der Waals surface area contributed by atoms with E-state index in [0.29, 0.717) is 6.10 Å². The third-order valence-electron chi connectivity index (χ3n) is 1.71. The van der Waals surface area contributed by atoms with Gasteiger partial charge in [-0.15, -0.1) is 0 Å². The highest BCUT2D eigenvalue weighted by molar-refractivity contribution is 4.63. The summed E-state index contributed by atoms with van der Waals surface area (Å²) in [5.74, 6) is 0. The highest BCUT2D eigenvalue weighted by Crippen LogP contribution is 2.11. The first kappa shape index (κ1) is 12.9. The molecular weight excluding hydrogens is 162 g/mol. The van der Waals surface area contributed by atoms with Crippen molar-refractivity contribution < 1.29 is 4.74 Å². The van der Waals surface area contributed by atoms with Gasteiger partial charge in [0.1, 0.15) is 0 Å². The van der Waals surface area contributed by atoms with Crippen molar-refractivity contribution in [3.63, 3.8) is 0 Å². The van der Waals surface area contributed by atoms with Gasteiger partial charge in [-0.05, 0) is 53.6 Å². The van der Waals surface area contributed by atoms with E-state index in [0.717, 1.165) is 19.5 Å². The van der Waals surface area contributed by atoms with Crippen LogP contribution in [-0.4, -0.2) is 24.8 Å². The third kappa shape index (κ3) is 9.84. The van der Waals surface area contributed by atoms with E-state index in [1.807, 2.05) is 0 Å². The summed E-state index contributed by atoms with van der Waals surface area (Å²) in [7, 11) is 0. The van der Waals surface area contributed by atoms with Crippen LogP contribution >= 0.6 is 0 Å². The van der Waals surface area contributed by atoms with Crippen molar-refractivity contribution in [1.29, 1.82) is 0 Å². The second-order valence-corrected chi connectivity index (χ2v) is 4.58. The van der Waals surface area contributed by atoms with E-state index in [4.69, 9.17) is 4.74 Å². The van der Waals surface area contributed by atoms with Gasteiger partial charge in [-0.1, -0.05) is 6.92 Å². The molecule has 0 aliphatic heterocycles. The standard InChI is InChI=1S/C11H25NO/c1-6-8-12-9-7-10(2)13-11(3,4)5/h10,12H,6-9H2,1-5H3. The number of hydrogen-bond acceptors (Lipinski definition) is 2. The highest BCUT2D eigenvalue weighted by atomic mass is 16.5. The first-order valence-corrected chi connectivity index (χ1v) is 5.34. The topological polar surface area (TPSA) is 21.3 Å². The van der Waals surface area contributed by atoms with Crippen molar-refractivity contribution in [2.24, 2.45) is 0 Å². The molecule has 2 heteroatoms. The molecule has 0 saturated carbocycles. The molecule has 1 atom stereocenters. The Morgan fingerprint density at radius 2 is 1.85 bits per heavy atom. The lowest BCUT2D eigenvalue weighted by Gasteiger charge is -2.25. The molecule has 0 amide bonds. The number of ether oxygens (including phenoxy) is 1. The van der Waals surface area contributed by atoms with Crippen LogP contribution in [0.3, 0.4) is 0 Å². The van der Waals surface area contributed by atoms with Gasteiger partial charge in [0.15, 0.2) is 0 Å². The molecule has 0 spiro atoms. The lowest BCUT2D eigenvalue weighted by molar-refractivity contribution is -0.0537. The maximum atomic E-state index is 5.78. The van der Waals surface area contributed by atoms with Gasteiger partial charge >= 0.3 is 0 Å². The summed E-state index contributed by atoms with van der Waals surface area (Å²) >= 11 is 0. The summed E-state index contributed by atoms with van der Waals surface area (Å²) < 4.78 is 5.78. The highest BCUT2D eigenvalue weighted by Gasteiger charge is 2.14. The first-order chi connectivity index (χ1) is 5.95. The zero-order chi connectivity index (χ0) is 10.3. The monoisotopic (exact) mass is 187 g/mol. The van der Waals surface area contributed by atoms with Crippen LogP contribution in [0.4, 0.5) is 0 Å². The van der Waals surface area contributed by atoms with Gasteiger partial charge in [0.25, 0.3) is 0 Å². The maximum absolute atomic E-state index is 5.78. The Hall–Kier alpha value is -0.0800. The molecule has 13 heavy (non-hydrogen) atoms. The van der Waals surface area contributed by atoms with Gasteiger partial charge in [0.2, 0.25) is 0 Å². The molecule has 0 fully saturated rings. The zero-order valence-corrected chi connectivity index (χ0v) is 9.81. The second-order valence-electron chi connectivity index (χ2n) is 4.58. The van der Waals surface area contributed by atoms with Crippen molar-refractivity contribution in [3.05, 3.63) is 0 Å². The van der Waals surface area contributed by atoms with Gasteiger partial charge in [0.05, 0.1) is 11.7 Å². The molecule has 1 N–H and O–H groups in total. The molecule has 1 unspecified atom stereocenters. The first-order valence-electron chi connectivity index (χ1n) is 5.34. The van der Waals surface area contributed by atoms with E-state index < -0.39 is 0 Å². The summed E-state index contributed by atoms with van der Waals surface area (Å²) in [6, 6.07) is 0. The second kappa shape index (κ2) is 6.39. The van der Waals surface area contributed by atoms with Crippen molar-refractivity contribution >= 4 is 0 Å². The van der Waals surface area contributed by atoms with Gasteiger partial charge < -0.3 is 10.1 Å². The summed E-state index contributed by atoms with van der Waals surface area (Å²) in [6.45, 7) is 12.8. The van der Waals surface area contributed by atoms with Crippen molar-refractivity contribution in [3.8, 4) is 0 Å². The Kier molecular flexibility index (Phi) is 6.35. The molecule has 0 aromatic rings. The van der Waals surface area contributed by atoms with Crippen LogP contribution < -0.4 is 5.32 Å². The molecule has 80 valence electrons. The minimum absolute atomic E-state index is 0.00975. The zero-order valence-electron chi connectivity index (χ0n) is 9.81. The van der Waals surface area contributed by atoms with Crippen LogP contribution in [-0.2, 0) is 4.74 Å². The lowest BCUT2D eigenvalue weighted by atomic mass is 10.1. The van der Waals surface area contributed by atoms with E-state index in [1.54, 1.807) is 0 Å². The van der Waals surface area contributed by atoms with Gasteiger partial charge in [0, 0.05) is 0 Å². The minimum Gasteiger partial charge on any atom is -0.373 e. The summed E-state index contributed by atoms with van der Waals surface area (Å²) in [5, 5.41) is 3.37. The smallest absolute Gasteiger partial charge is 0.0602 e. The Morgan fingerprint density at radius 3 is 2.31 bits per heavy atom. The fourth-order valence-electron chi connectivity index (χ4n) is 1.27. The molecule has 0 radical (unpaired) electrons. The van der Waals surface area contributed by atoms with E-state index in [9.17, 15) is 0 Å². The fraction of sp³-hybridized carbons (Fsp3) is 1.00. The molecule has 0 bridgehead atoms. The number of hydrogen-bond donors (Lipinski definition) is 1. The van der Waals surface area contributed by atoms with Gasteiger partial charge in [-0.2, -0.15) is 0 Å². The average molecular weight is 187 g/mol. The third-order valence-corrected chi connectivity index (χ3v) is 1.71. The van der Waals surface area contributed by atoms with Crippen LogP contribution in [0.1, 0.15) is 47.5 Å². The average Bonchev–Trinajstić information content (AvgIpc) is 1.94. The predicted octanol–water partition coefficient (Wildman–Crippen LogP) is 2.58. The summed E-state index contributed by atoms with van der Waals surface area (Å²) in [4.78, 5) is 0. The van der Waals surface area contributed by atoms with E-state index >= 15 is 0 Å². The van der Waals surface area contributed by atoms with Gasteiger partial charge in [-0.25, -0.2) is 0 Å². The maximum Gasteiger partial charge on any atom is 0.0602 e. The summed E-state index contributed by atoms with van der Waals surface area (Å²) in [6.07, 6.45) is 2.65. The van der Waals surface area contributed by atoms with Crippen LogP contribution in [0.5, 0.6) is 0 Å². The quantitative estimate of drug-likeness (QED) is 0.645. The van der Waals surface area contributed by atoms with Crippen LogP contribution in [0, 0.1) is 0 Å². The molecule has 0 aliphatic carbocycles. The fourth-order valence-corrected chi connectivity index (χ4v) is 1.27. The molecule has 2 nitrogen and oxygen atoms in total.